The van der Waals surface area contributed by atoms with Crippen LogP contribution in [0.1, 0.15) is 26.2 Å². The molecule has 2 atom stereocenters. The van der Waals surface area contributed by atoms with E-state index in [-0.39, 0.29) is 24.0 Å². The number of hydrogen-bond acceptors (Lipinski definition) is 4. The maximum atomic E-state index is 10.9. The molecule has 4 nitrogen and oxygen atoms in total. The Bertz CT molecular complexity index is 393. The second kappa shape index (κ2) is 8.43. The highest BCUT2D eigenvalue weighted by atomic mass is 16.5. The second-order valence-electron chi connectivity index (χ2n) is 4.37. The summed E-state index contributed by atoms with van der Waals surface area (Å²) in [4.78, 5) is 21.7. The molecule has 0 radical (unpaired) electrons. The number of rotatable bonds is 6. The van der Waals surface area contributed by atoms with Gasteiger partial charge in [-0.2, -0.15) is 0 Å². The van der Waals surface area contributed by atoms with Crippen LogP contribution in [-0.4, -0.2) is 31.1 Å². The van der Waals surface area contributed by atoms with Crippen molar-refractivity contribution in [1.82, 2.24) is 0 Å². The lowest BCUT2D eigenvalue weighted by Gasteiger charge is -2.24. The van der Waals surface area contributed by atoms with Crippen molar-refractivity contribution in [1.29, 1.82) is 0 Å². The van der Waals surface area contributed by atoms with Crippen LogP contribution in [0.15, 0.2) is 36.5 Å². The van der Waals surface area contributed by atoms with Crippen molar-refractivity contribution in [3.8, 4) is 0 Å². The van der Waals surface area contributed by atoms with Gasteiger partial charge in [-0.05, 0) is 32.3 Å². The van der Waals surface area contributed by atoms with Crippen molar-refractivity contribution in [3.63, 3.8) is 0 Å². The molecule has 0 aromatic rings. The molecule has 0 amide bonds. The predicted molar refractivity (Wildman–Crippen MR) is 72.6 cm³/mol. The SMILES string of the molecule is COC(=O)/C=C\C[C@@H]1C=CC[C@@H](C/C=C/C(C)=O)O1. The molecule has 1 heterocycles. The predicted octanol–water partition coefficient (Wildman–Crippen LogP) is 2.35. The molecule has 1 aliphatic heterocycles. The molecule has 0 N–H and O–H groups in total. The van der Waals surface area contributed by atoms with E-state index in [1.807, 2.05) is 12.2 Å². The molecule has 0 saturated heterocycles. The van der Waals surface area contributed by atoms with E-state index < -0.39 is 0 Å². The van der Waals surface area contributed by atoms with Crippen molar-refractivity contribution in [3.05, 3.63) is 36.5 Å². The average molecular weight is 264 g/mol. The highest BCUT2D eigenvalue weighted by Gasteiger charge is 2.16. The molecule has 0 bridgehead atoms. The molecule has 4 heteroatoms. The lowest BCUT2D eigenvalue weighted by atomic mass is 10.1. The summed E-state index contributed by atoms with van der Waals surface area (Å²) >= 11 is 0. The number of carbonyl (C=O) groups is 2. The molecule has 1 aliphatic rings. The number of methoxy groups -OCH3 is 1. The lowest BCUT2D eigenvalue weighted by molar-refractivity contribution is -0.134. The van der Waals surface area contributed by atoms with Gasteiger partial charge >= 0.3 is 5.97 Å². The third-order valence-corrected chi connectivity index (χ3v) is 2.69. The van der Waals surface area contributed by atoms with E-state index in [4.69, 9.17) is 4.74 Å². The van der Waals surface area contributed by atoms with Gasteiger partial charge in [0.25, 0.3) is 0 Å². The van der Waals surface area contributed by atoms with Gasteiger partial charge in [-0.15, -0.1) is 0 Å². The van der Waals surface area contributed by atoms with Gasteiger partial charge in [0.05, 0.1) is 19.3 Å². The number of ketones is 1. The van der Waals surface area contributed by atoms with Gasteiger partial charge < -0.3 is 9.47 Å². The van der Waals surface area contributed by atoms with Crippen LogP contribution >= 0.6 is 0 Å². The fourth-order valence-corrected chi connectivity index (χ4v) is 1.77. The minimum Gasteiger partial charge on any atom is -0.466 e. The van der Waals surface area contributed by atoms with Gasteiger partial charge in [-0.1, -0.05) is 24.3 Å². The second-order valence-corrected chi connectivity index (χ2v) is 4.37. The summed E-state index contributed by atoms with van der Waals surface area (Å²) in [6.45, 7) is 1.53. The lowest BCUT2D eigenvalue weighted by Crippen LogP contribution is -2.23. The number of esters is 1. The van der Waals surface area contributed by atoms with Crippen LogP contribution in [0.4, 0.5) is 0 Å². The molecule has 0 aliphatic carbocycles. The Labute approximate surface area is 113 Å². The molecular weight excluding hydrogens is 244 g/mol. The van der Waals surface area contributed by atoms with E-state index in [2.05, 4.69) is 10.8 Å². The molecule has 0 unspecified atom stereocenters. The fraction of sp³-hybridized carbons (Fsp3) is 0.467. The van der Waals surface area contributed by atoms with E-state index in [1.54, 1.807) is 12.2 Å². The quantitative estimate of drug-likeness (QED) is 0.420. The van der Waals surface area contributed by atoms with Crippen LogP contribution < -0.4 is 0 Å². The summed E-state index contributed by atoms with van der Waals surface area (Å²) in [5, 5.41) is 0. The Kier molecular flexibility index (Phi) is 6.82. The molecule has 19 heavy (non-hydrogen) atoms. The van der Waals surface area contributed by atoms with Crippen LogP contribution in [0.25, 0.3) is 0 Å². The summed E-state index contributed by atoms with van der Waals surface area (Å²) in [6, 6.07) is 0. The normalized spacial score (nSPS) is 23.1. The van der Waals surface area contributed by atoms with Gasteiger partial charge in [-0.3, -0.25) is 4.79 Å². The molecule has 0 saturated carbocycles. The summed E-state index contributed by atoms with van der Waals surface area (Å²) < 4.78 is 10.3. The van der Waals surface area contributed by atoms with Crippen LogP contribution in [0.3, 0.4) is 0 Å². The molecule has 104 valence electrons. The summed E-state index contributed by atoms with van der Waals surface area (Å²) in [5.74, 6) is -0.315. The van der Waals surface area contributed by atoms with Crippen LogP contribution in [0.5, 0.6) is 0 Å². The third kappa shape index (κ3) is 6.72. The van der Waals surface area contributed by atoms with E-state index in [9.17, 15) is 9.59 Å². The standard InChI is InChI=1S/C15H20O4/c1-12(16)6-3-7-13-8-4-9-14(19-13)10-5-11-15(17)18-2/h3-6,9,11,13-14H,7-8,10H2,1-2H3/b6-3+,11-5-/t13-,14+/m1/s1. The molecule has 0 spiro atoms. The highest BCUT2D eigenvalue weighted by Crippen LogP contribution is 2.18. The van der Waals surface area contributed by atoms with Gasteiger partial charge in [0.15, 0.2) is 5.78 Å². The third-order valence-electron chi connectivity index (χ3n) is 2.69. The van der Waals surface area contributed by atoms with E-state index in [0.29, 0.717) is 6.42 Å². The number of allylic oxidation sites excluding steroid dienone is 1. The topological polar surface area (TPSA) is 52.6 Å². The Morgan fingerprint density at radius 3 is 2.74 bits per heavy atom. The Balaban J connectivity index is 2.36. The molecule has 0 aromatic heterocycles. The zero-order valence-electron chi connectivity index (χ0n) is 11.4. The van der Waals surface area contributed by atoms with Crippen LogP contribution in [0.2, 0.25) is 0 Å². The first kappa shape index (κ1) is 15.4. The summed E-state index contributed by atoms with van der Waals surface area (Å²) in [5.41, 5.74) is 0. The number of ether oxygens (including phenoxy) is 2. The molecule has 0 aromatic carbocycles. The van der Waals surface area contributed by atoms with Crippen molar-refractivity contribution >= 4 is 11.8 Å². The zero-order valence-corrected chi connectivity index (χ0v) is 11.4. The van der Waals surface area contributed by atoms with E-state index in [0.717, 1.165) is 12.8 Å². The van der Waals surface area contributed by atoms with Gasteiger partial charge in [-0.25, -0.2) is 4.79 Å². The summed E-state index contributed by atoms with van der Waals surface area (Å²) in [7, 11) is 1.35. The van der Waals surface area contributed by atoms with Crippen LogP contribution in [-0.2, 0) is 19.1 Å². The maximum Gasteiger partial charge on any atom is 0.330 e. The Morgan fingerprint density at radius 2 is 2.05 bits per heavy atom. The monoisotopic (exact) mass is 264 g/mol. The van der Waals surface area contributed by atoms with Crippen molar-refractivity contribution in [2.45, 2.75) is 38.4 Å². The van der Waals surface area contributed by atoms with Gasteiger partial charge in [0, 0.05) is 6.08 Å². The number of hydrogen-bond donors (Lipinski definition) is 0. The Morgan fingerprint density at radius 1 is 1.32 bits per heavy atom. The Hall–Kier alpha value is -1.68. The molecule has 0 fully saturated rings. The van der Waals surface area contributed by atoms with Crippen molar-refractivity contribution < 1.29 is 19.1 Å². The number of carbonyl (C=O) groups excluding carboxylic acids is 2. The first-order chi connectivity index (χ1) is 9.11. The highest BCUT2D eigenvalue weighted by molar-refractivity contribution is 5.87. The minimum absolute atomic E-state index is 0.0228. The van der Waals surface area contributed by atoms with Crippen molar-refractivity contribution in [2.24, 2.45) is 0 Å². The first-order valence-corrected chi connectivity index (χ1v) is 6.35. The summed E-state index contributed by atoms with van der Waals surface area (Å²) in [6.07, 6.45) is 12.9. The molecular formula is C15H20O4. The maximum absolute atomic E-state index is 10.9. The van der Waals surface area contributed by atoms with E-state index >= 15 is 0 Å². The first-order valence-electron chi connectivity index (χ1n) is 6.35. The van der Waals surface area contributed by atoms with Crippen LogP contribution in [0, 0.1) is 0 Å². The minimum atomic E-state index is -0.360. The average Bonchev–Trinajstić information content (AvgIpc) is 2.38. The fourth-order valence-electron chi connectivity index (χ4n) is 1.77. The van der Waals surface area contributed by atoms with Gasteiger partial charge in [0.2, 0.25) is 0 Å². The van der Waals surface area contributed by atoms with Gasteiger partial charge in [0.1, 0.15) is 0 Å². The van der Waals surface area contributed by atoms with E-state index in [1.165, 1.54) is 20.1 Å². The van der Waals surface area contributed by atoms with Crippen molar-refractivity contribution in [2.75, 3.05) is 7.11 Å². The largest absolute Gasteiger partial charge is 0.466 e. The molecule has 1 rings (SSSR count). The zero-order chi connectivity index (χ0) is 14.1. The smallest absolute Gasteiger partial charge is 0.330 e.